The number of hydrogen-bond acceptors (Lipinski definition) is 4. The molecule has 0 bridgehead atoms. The van der Waals surface area contributed by atoms with Crippen LogP contribution in [0.15, 0.2) is 30.3 Å². The summed E-state index contributed by atoms with van der Waals surface area (Å²) < 4.78 is 4.38. The number of rotatable bonds is 4. The Kier molecular flexibility index (Phi) is 3.48. The molecule has 0 saturated carbocycles. The molecule has 0 heterocycles. The summed E-state index contributed by atoms with van der Waals surface area (Å²) in [5.41, 5.74) is 0.515. The highest BCUT2D eigenvalue weighted by Gasteiger charge is 2.26. The van der Waals surface area contributed by atoms with Gasteiger partial charge in [-0.1, -0.05) is 30.3 Å². The zero-order valence-electron chi connectivity index (χ0n) is 6.75. The minimum absolute atomic E-state index is 0.515. The largest absolute Gasteiger partial charge is 0.500 e. The van der Waals surface area contributed by atoms with Crippen molar-refractivity contribution in [3.63, 3.8) is 0 Å². The summed E-state index contributed by atoms with van der Waals surface area (Å²) in [6, 6.07) is 7.37. The highest BCUT2D eigenvalue weighted by atomic mass is 16.5. The Morgan fingerprint density at radius 1 is 1.31 bits per heavy atom. The summed E-state index contributed by atoms with van der Waals surface area (Å²) in [6.07, 6.45) is 0. The lowest BCUT2D eigenvalue weighted by Crippen LogP contribution is -2.25. The lowest BCUT2D eigenvalue weighted by Gasteiger charge is -2.12. The molecule has 4 nitrogen and oxygen atoms in total. The van der Waals surface area contributed by atoms with E-state index in [0.717, 1.165) is 0 Å². The highest BCUT2D eigenvalue weighted by Crippen LogP contribution is 2.16. The molecule has 0 aliphatic carbocycles. The predicted molar refractivity (Wildman–Crippen MR) is 46.2 cm³/mol. The van der Waals surface area contributed by atoms with E-state index in [0.29, 0.717) is 5.56 Å². The van der Waals surface area contributed by atoms with Crippen LogP contribution in [0, 0.1) is 0 Å². The number of hydrogen-bond donors (Lipinski definition) is 2. The van der Waals surface area contributed by atoms with Gasteiger partial charge in [-0.15, -0.1) is 0 Å². The molecule has 0 spiro atoms. The molecule has 0 aromatic heterocycles. The molecule has 1 aromatic carbocycles. The number of ether oxygens (including phenoxy) is 1. The molecule has 2 N–H and O–H groups in total. The Morgan fingerprint density at radius 2 is 1.92 bits per heavy atom. The zero-order chi connectivity index (χ0) is 9.68. The molecule has 13 heavy (non-hydrogen) atoms. The first-order valence-electron chi connectivity index (χ1n) is 3.69. The third-order valence-electron chi connectivity index (χ3n) is 1.57. The predicted octanol–water partition coefficient (Wildman–Crippen LogP) is -0.177. The van der Waals surface area contributed by atoms with Crippen LogP contribution in [0.25, 0.3) is 0 Å². The standard InChI is InChI=1S/C8H8BO4/c10-6-13-8(9(11)12)7-4-2-1-3-5-7/h1-5,8,11-12H. The van der Waals surface area contributed by atoms with Crippen LogP contribution in [-0.2, 0) is 9.53 Å². The van der Waals surface area contributed by atoms with Crippen molar-refractivity contribution in [2.24, 2.45) is 0 Å². The molecular weight excluding hydrogens is 171 g/mol. The molecule has 1 radical (unpaired) electrons. The second-order valence-electron chi connectivity index (χ2n) is 2.45. The molecule has 1 atom stereocenters. The van der Waals surface area contributed by atoms with Crippen molar-refractivity contribution < 1.29 is 19.6 Å². The molecule has 0 aliphatic rings. The van der Waals surface area contributed by atoms with Gasteiger partial charge in [-0.3, -0.25) is 0 Å². The monoisotopic (exact) mass is 179 g/mol. The summed E-state index contributed by atoms with van der Waals surface area (Å²) in [7, 11) is -1.73. The van der Waals surface area contributed by atoms with Gasteiger partial charge in [0.2, 0.25) is 0 Å². The van der Waals surface area contributed by atoms with E-state index in [1.165, 1.54) is 6.47 Å². The number of carbonyl (C=O) groups excluding carboxylic acids is 1. The minimum Gasteiger partial charge on any atom is -0.452 e. The van der Waals surface area contributed by atoms with Crippen molar-refractivity contribution >= 4 is 13.6 Å². The van der Waals surface area contributed by atoms with Crippen molar-refractivity contribution in [1.29, 1.82) is 0 Å². The van der Waals surface area contributed by atoms with Gasteiger partial charge in [0.15, 0.2) is 6.00 Å². The first kappa shape index (κ1) is 9.76. The molecule has 5 heteroatoms. The fourth-order valence-electron chi connectivity index (χ4n) is 0.996. The van der Waals surface area contributed by atoms with E-state index < -0.39 is 13.1 Å². The van der Waals surface area contributed by atoms with E-state index in [9.17, 15) is 4.79 Å². The van der Waals surface area contributed by atoms with Gasteiger partial charge >= 0.3 is 13.6 Å². The van der Waals surface area contributed by atoms with Gasteiger partial charge in [-0.2, -0.15) is 0 Å². The first-order chi connectivity index (χ1) is 6.25. The SMILES string of the molecule is O=[C]OC(B(O)O)c1ccccc1. The maximum atomic E-state index is 9.92. The molecule has 1 unspecified atom stereocenters. The van der Waals surface area contributed by atoms with Crippen molar-refractivity contribution in [2.75, 3.05) is 0 Å². The van der Waals surface area contributed by atoms with Crippen LogP contribution in [0.1, 0.15) is 11.6 Å². The smallest absolute Gasteiger partial charge is 0.452 e. The maximum Gasteiger partial charge on any atom is 0.500 e. The van der Waals surface area contributed by atoms with Crippen LogP contribution >= 0.6 is 0 Å². The average molecular weight is 179 g/mol. The third-order valence-corrected chi connectivity index (χ3v) is 1.57. The second-order valence-corrected chi connectivity index (χ2v) is 2.45. The van der Waals surface area contributed by atoms with Gasteiger partial charge in [0.1, 0.15) is 0 Å². The molecule has 67 valence electrons. The summed E-state index contributed by atoms with van der Waals surface area (Å²) in [5, 5.41) is 17.7. The van der Waals surface area contributed by atoms with Crippen molar-refractivity contribution in [2.45, 2.75) is 6.00 Å². The van der Waals surface area contributed by atoms with Gasteiger partial charge in [0, 0.05) is 0 Å². The Labute approximate surface area is 75.9 Å². The molecule has 0 aliphatic heterocycles. The molecule has 0 saturated heterocycles. The van der Waals surface area contributed by atoms with E-state index in [1.807, 2.05) is 0 Å². The normalized spacial score (nSPS) is 11.8. The molecule has 0 fully saturated rings. The van der Waals surface area contributed by atoms with E-state index >= 15 is 0 Å². The Morgan fingerprint density at radius 3 is 2.38 bits per heavy atom. The summed E-state index contributed by atoms with van der Waals surface area (Å²) >= 11 is 0. The summed E-state index contributed by atoms with van der Waals surface area (Å²) in [5.74, 6) is 0. The van der Waals surface area contributed by atoms with Gasteiger partial charge < -0.3 is 14.8 Å². The van der Waals surface area contributed by atoms with Gasteiger partial charge in [0.25, 0.3) is 0 Å². The van der Waals surface area contributed by atoms with Crippen LogP contribution in [0.3, 0.4) is 0 Å². The second kappa shape index (κ2) is 4.64. The van der Waals surface area contributed by atoms with Gasteiger partial charge in [-0.25, -0.2) is 4.79 Å². The van der Waals surface area contributed by atoms with Crippen LogP contribution in [0.5, 0.6) is 0 Å². The Hall–Kier alpha value is -1.33. The minimum atomic E-state index is -1.73. The lowest BCUT2D eigenvalue weighted by atomic mass is 9.78. The van der Waals surface area contributed by atoms with E-state index in [1.54, 1.807) is 30.3 Å². The summed E-state index contributed by atoms with van der Waals surface area (Å²) in [4.78, 5) is 9.92. The average Bonchev–Trinajstić information content (AvgIpc) is 2.15. The van der Waals surface area contributed by atoms with E-state index in [4.69, 9.17) is 10.0 Å². The zero-order valence-corrected chi connectivity index (χ0v) is 6.75. The Balaban J connectivity index is 2.82. The first-order valence-corrected chi connectivity index (χ1v) is 3.69. The molecular formula is C8H8BO4. The maximum absolute atomic E-state index is 9.92. The van der Waals surface area contributed by atoms with Crippen LogP contribution in [0.4, 0.5) is 0 Å². The van der Waals surface area contributed by atoms with Crippen molar-refractivity contribution in [3.05, 3.63) is 35.9 Å². The van der Waals surface area contributed by atoms with Crippen molar-refractivity contribution in [1.82, 2.24) is 0 Å². The highest BCUT2D eigenvalue weighted by molar-refractivity contribution is 6.42. The van der Waals surface area contributed by atoms with Crippen LogP contribution < -0.4 is 0 Å². The van der Waals surface area contributed by atoms with Gasteiger partial charge in [0.05, 0.1) is 0 Å². The third kappa shape index (κ3) is 2.57. The lowest BCUT2D eigenvalue weighted by molar-refractivity contribution is 0.199. The van der Waals surface area contributed by atoms with Crippen molar-refractivity contribution in [3.8, 4) is 0 Å². The molecule has 0 amide bonds. The fourth-order valence-corrected chi connectivity index (χ4v) is 0.996. The number of benzene rings is 1. The van der Waals surface area contributed by atoms with E-state index in [-0.39, 0.29) is 0 Å². The van der Waals surface area contributed by atoms with Crippen LogP contribution in [0.2, 0.25) is 0 Å². The molecule has 1 aromatic rings. The van der Waals surface area contributed by atoms with E-state index in [2.05, 4.69) is 4.74 Å². The van der Waals surface area contributed by atoms with Gasteiger partial charge in [-0.05, 0) is 5.56 Å². The van der Waals surface area contributed by atoms with Crippen LogP contribution in [-0.4, -0.2) is 23.6 Å². The quantitative estimate of drug-likeness (QED) is 0.629. The molecule has 1 rings (SSSR count). The topological polar surface area (TPSA) is 66.8 Å². The fraction of sp³-hybridized carbons (Fsp3) is 0.125. The summed E-state index contributed by atoms with van der Waals surface area (Å²) in [6.45, 7) is 1.18. The Bertz CT molecular complexity index is 262.